The monoisotopic (exact) mass is 260 g/mol. The highest BCUT2D eigenvalue weighted by Gasteiger charge is 2.31. The van der Waals surface area contributed by atoms with Crippen molar-refractivity contribution >= 4 is 21.6 Å². The van der Waals surface area contributed by atoms with Gasteiger partial charge in [0.1, 0.15) is 10.0 Å². The number of halogens is 1. The molecule has 0 bridgehead atoms. The second kappa shape index (κ2) is 4.31. The minimum atomic E-state index is -3.45. The molecule has 0 radical (unpaired) electrons. The lowest BCUT2D eigenvalue weighted by Crippen LogP contribution is -2.34. The molecule has 1 fully saturated rings. The Morgan fingerprint density at radius 2 is 2.19 bits per heavy atom. The fourth-order valence-corrected chi connectivity index (χ4v) is 2.89. The van der Waals surface area contributed by atoms with Crippen molar-refractivity contribution in [1.29, 1.82) is 0 Å². The van der Waals surface area contributed by atoms with Crippen molar-refractivity contribution in [2.75, 3.05) is 0 Å². The molecule has 0 spiro atoms. The van der Waals surface area contributed by atoms with E-state index in [1.165, 1.54) is 18.3 Å². The van der Waals surface area contributed by atoms with Crippen molar-refractivity contribution in [3.8, 4) is 0 Å². The van der Waals surface area contributed by atoms with E-state index in [-0.39, 0.29) is 16.1 Å². The standard InChI is InChI=1S/C10H13ClN2O2S/c1-7(8-2-3-8)13-16(14,15)9-4-5-10(11)12-6-9/h4-8,13H,2-3H2,1H3. The maximum Gasteiger partial charge on any atom is 0.242 e. The van der Waals surface area contributed by atoms with E-state index in [4.69, 9.17) is 11.6 Å². The highest BCUT2D eigenvalue weighted by Crippen LogP contribution is 2.32. The average molecular weight is 261 g/mol. The van der Waals surface area contributed by atoms with Gasteiger partial charge in [0.15, 0.2) is 0 Å². The van der Waals surface area contributed by atoms with Crippen LogP contribution in [0.3, 0.4) is 0 Å². The Balaban J connectivity index is 2.14. The zero-order chi connectivity index (χ0) is 11.8. The van der Waals surface area contributed by atoms with E-state index < -0.39 is 10.0 Å². The van der Waals surface area contributed by atoms with Gasteiger partial charge in [-0.25, -0.2) is 18.1 Å². The number of nitrogens with zero attached hydrogens (tertiary/aromatic N) is 1. The van der Waals surface area contributed by atoms with Crippen molar-refractivity contribution in [1.82, 2.24) is 9.71 Å². The van der Waals surface area contributed by atoms with Gasteiger partial charge in [0.05, 0.1) is 0 Å². The van der Waals surface area contributed by atoms with Gasteiger partial charge in [-0.2, -0.15) is 0 Å². The summed E-state index contributed by atoms with van der Waals surface area (Å²) in [5.74, 6) is 0.482. The zero-order valence-corrected chi connectivity index (χ0v) is 10.4. The summed E-state index contributed by atoms with van der Waals surface area (Å²) in [5.41, 5.74) is 0. The lowest BCUT2D eigenvalue weighted by Gasteiger charge is -2.12. The van der Waals surface area contributed by atoms with Crippen LogP contribution in [0.2, 0.25) is 5.15 Å². The maximum absolute atomic E-state index is 11.9. The molecule has 1 saturated carbocycles. The van der Waals surface area contributed by atoms with Gasteiger partial charge < -0.3 is 0 Å². The van der Waals surface area contributed by atoms with E-state index >= 15 is 0 Å². The summed E-state index contributed by atoms with van der Waals surface area (Å²) >= 11 is 5.60. The molecule has 1 aromatic rings. The SMILES string of the molecule is CC(NS(=O)(=O)c1ccc(Cl)nc1)C1CC1. The second-order valence-electron chi connectivity index (χ2n) is 4.06. The van der Waals surface area contributed by atoms with Crippen molar-refractivity contribution in [3.63, 3.8) is 0 Å². The van der Waals surface area contributed by atoms with Crippen molar-refractivity contribution in [2.24, 2.45) is 5.92 Å². The molecule has 0 amide bonds. The molecule has 0 aromatic carbocycles. The average Bonchev–Trinajstić information content (AvgIpc) is 3.00. The third-order valence-electron chi connectivity index (χ3n) is 2.68. The van der Waals surface area contributed by atoms with E-state index in [2.05, 4.69) is 9.71 Å². The van der Waals surface area contributed by atoms with E-state index in [0.29, 0.717) is 5.92 Å². The van der Waals surface area contributed by atoms with E-state index in [1.807, 2.05) is 6.92 Å². The molecule has 1 N–H and O–H groups in total. The summed E-state index contributed by atoms with van der Waals surface area (Å²) in [6.07, 6.45) is 3.47. The summed E-state index contributed by atoms with van der Waals surface area (Å²) in [5, 5.41) is 0.286. The molecule has 1 aliphatic rings. The van der Waals surface area contributed by atoms with Crippen LogP contribution in [-0.4, -0.2) is 19.4 Å². The van der Waals surface area contributed by atoms with Gasteiger partial charge in [-0.05, 0) is 37.8 Å². The lowest BCUT2D eigenvalue weighted by atomic mass is 10.2. The Hall–Kier alpha value is -0.650. The number of nitrogens with one attached hydrogen (secondary N) is 1. The van der Waals surface area contributed by atoms with Gasteiger partial charge in [0.2, 0.25) is 10.0 Å². The first kappa shape index (κ1) is 11.8. The predicted molar refractivity (Wildman–Crippen MR) is 61.8 cm³/mol. The Morgan fingerprint density at radius 1 is 1.50 bits per heavy atom. The van der Waals surface area contributed by atoms with Crippen LogP contribution >= 0.6 is 11.6 Å². The zero-order valence-electron chi connectivity index (χ0n) is 8.85. The van der Waals surface area contributed by atoms with Crippen molar-refractivity contribution < 1.29 is 8.42 Å². The van der Waals surface area contributed by atoms with E-state index in [1.54, 1.807) is 0 Å². The molecule has 0 saturated heterocycles. The van der Waals surface area contributed by atoms with Crippen molar-refractivity contribution in [3.05, 3.63) is 23.5 Å². The molecule has 16 heavy (non-hydrogen) atoms. The highest BCUT2D eigenvalue weighted by atomic mass is 35.5. The molecule has 1 aromatic heterocycles. The van der Waals surface area contributed by atoms with Crippen molar-refractivity contribution in [2.45, 2.75) is 30.7 Å². The van der Waals surface area contributed by atoms with Crippen LogP contribution in [0.5, 0.6) is 0 Å². The minimum Gasteiger partial charge on any atom is -0.243 e. The molecule has 0 aliphatic heterocycles. The van der Waals surface area contributed by atoms with Gasteiger partial charge in [-0.3, -0.25) is 0 Å². The smallest absolute Gasteiger partial charge is 0.242 e. The maximum atomic E-state index is 11.9. The molecular formula is C10H13ClN2O2S. The number of aromatic nitrogens is 1. The van der Waals surface area contributed by atoms with Crippen LogP contribution in [0.25, 0.3) is 0 Å². The fraction of sp³-hybridized carbons (Fsp3) is 0.500. The summed E-state index contributed by atoms with van der Waals surface area (Å²) in [6, 6.07) is 2.91. The fourth-order valence-electron chi connectivity index (χ4n) is 1.53. The Bertz CT molecular complexity index is 468. The van der Waals surface area contributed by atoms with Crippen LogP contribution in [0.1, 0.15) is 19.8 Å². The van der Waals surface area contributed by atoms with Gasteiger partial charge in [0.25, 0.3) is 0 Å². The highest BCUT2D eigenvalue weighted by molar-refractivity contribution is 7.89. The molecule has 1 atom stereocenters. The first-order valence-electron chi connectivity index (χ1n) is 5.13. The summed E-state index contributed by atoms with van der Waals surface area (Å²) < 4.78 is 26.4. The molecule has 88 valence electrons. The van der Waals surface area contributed by atoms with Crippen LogP contribution in [0.15, 0.2) is 23.2 Å². The lowest BCUT2D eigenvalue weighted by molar-refractivity contribution is 0.538. The third kappa shape index (κ3) is 2.72. The number of hydrogen-bond donors (Lipinski definition) is 1. The van der Waals surface area contributed by atoms with Gasteiger partial charge in [-0.15, -0.1) is 0 Å². The topological polar surface area (TPSA) is 59.1 Å². The molecule has 1 heterocycles. The Morgan fingerprint density at radius 3 is 2.69 bits per heavy atom. The van der Waals surface area contributed by atoms with Crippen LogP contribution < -0.4 is 4.72 Å². The number of sulfonamides is 1. The number of rotatable bonds is 4. The second-order valence-corrected chi connectivity index (χ2v) is 6.17. The molecular weight excluding hydrogens is 248 g/mol. The van der Waals surface area contributed by atoms with E-state index in [9.17, 15) is 8.42 Å². The first-order chi connectivity index (χ1) is 7.49. The third-order valence-corrected chi connectivity index (χ3v) is 4.45. The van der Waals surface area contributed by atoms with Gasteiger partial charge in [0, 0.05) is 12.2 Å². The molecule has 1 unspecified atom stereocenters. The number of hydrogen-bond acceptors (Lipinski definition) is 3. The van der Waals surface area contributed by atoms with Crippen LogP contribution in [0.4, 0.5) is 0 Å². The summed E-state index contributed by atoms with van der Waals surface area (Å²) in [7, 11) is -3.45. The predicted octanol–water partition coefficient (Wildman–Crippen LogP) is 1.81. The van der Waals surface area contributed by atoms with Crippen LogP contribution in [-0.2, 0) is 10.0 Å². The molecule has 6 heteroatoms. The van der Waals surface area contributed by atoms with Gasteiger partial charge >= 0.3 is 0 Å². The Kier molecular flexibility index (Phi) is 3.19. The summed E-state index contributed by atoms with van der Waals surface area (Å²) in [6.45, 7) is 1.89. The van der Waals surface area contributed by atoms with Gasteiger partial charge in [-0.1, -0.05) is 11.6 Å². The normalized spacial score (nSPS) is 18.4. The Labute approximate surface area is 100 Å². The molecule has 2 rings (SSSR count). The summed E-state index contributed by atoms with van der Waals surface area (Å²) in [4.78, 5) is 3.92. The van der Waals surface area contributed by atoms with Crippen LogP contribution in [0, 0.1) is 5.92 Å². The van der Waals surface area contributed by atoms with E-state index in [0.717, 1.165) is 12.8 Å². The molecule has 1 aliphatic carbocycles. The quantitative estimate of drug-likeness (QED) is 0.840. The number of pyridine rings is 1. The minimum absolute atomic E-state index is 0.0133. The molecule has 4 nitrogen and oxygen atoms in total. The largest absolute Gasteiger partial charge is 0.243 e. The first-order valence-corrected chi connectivity index (χ1v) is 6.99.